The second-order valence-corrected chi connectivity index (χ2v) is 3.70. The molecule has 1 aliphatic carbocycles. The topological polar surface area (TPSA) is 29.5 Å². The van der Waals surface area contributed by atoms with Gasteiger partial charge in [-0.25, -0.2) is 0 Å². The van der Waals surface area contributed by atoms with Crippen molar-refractivity contribution in [2.45, 2.75) is 31.9 Å². The van der Waals surface area contributed by atoms with Gasteiger partial charge in [0.25, 0.3) is 0 Å². The molecule has 1 saturated carbocycles. The number of ether oxygens (including phenoxy) is 1. The van der Waals surface area contributed by atoms with Gasteiger partial charge in [0.05, 0.1) is 12.7 Å². The van der Waals surface area contributed by atoms with E-state index in [4.69, 9.17) is 4.74 Å². The SMILES string of the molecule is CC(=O)CCN1CCOC2CC21. The summed E-state index contributed by atoms with van der Waals surface area (Å²) in [5, 5.41) is 0. The Hall–Kier alpha value is -0.410. The van der Waals surface area contributed by atoms with Gasteiger partial charge in [0, 0.05) is 25.6 Å². The zero-order valence-corrected chi connectivity index (χ0v) is 7.45. The normalized spacial score (nSPS) is 34.4. The maximum absolute atomic E-state index is 10.7. The van der Waals surface area contributed by atoms with E-state index in [0.29, 0.717) is 24.3 Å². The van der Waals surface area contributed by atoms with Crippen molar-refractivity contribution in [3.8, 4) is 0 Å². The molecule has 2 atom stereocenters. The molecule has 3 nitrogen and oxygen atoms in total. The predicted octanol–water partition coefficient (Wildman–Crippen LogP) is 0.439. The van der Waals surface area contributed by atoms with E-state index in [1.807, 2.05) is 0 Å². The van der Waals surface area contributed by atoms with Crippen LogP contribution in [0.4, 0.5) is 0 Å². The minimum atomic E-state index is 0.290. The number of Topliss-reactive ketones (excluding diaryl/α,β-unsaturated/α-hetero) is 1. The van der Waals surface area contributed by atoms with Crippen LogP contribution >= 0.6 is 0 Å². The molecule has 68 valence electrons. The lowest BCUT2D eigenvalue weighted by molar-refractivity contribution is -0.117. The average Bonchev–Trinajstić information content (AvgIpc) is 2.78. The molecule has 2 aliphatic rings. The highest BCUT2D eigenvalue weighted by molar-refractivity contribution is 5.75. The first-order valence-electron chi connectivity index (χ1n) is 4.62. The van der Waals surface area contributed by atoms with E-state index in [0.717, 1.165) is 19.7 Å². The molecule has 0 bridgehead atoms. The van der Waals surface area contributed by atoms with E-state index in [1.165, 1.54) is 6.42 Å². The van der Waals surface area contributed by atoms with Crippen LogP contribution in [0.25, 0.3) is 0 Å². The number of hydrogen-bond acceptors (Lipinski definition) is 3. The van der Waals surface area contributed by atoms with Gasteiger partial charge in [-0.3, -0.25) is 9.69 Å². The highest BCUT2D eigenvalue weighted by atomic mass is 16.5. The van der Waals surface area contributed by atoms with Crippen molar-refractivity contribution in [1.29, 1.82) is 0 Å². The Morgan fingerprint density at radius 2 is 2.50 bits per heavy atom. The Balaban J connectivity index is 1.76. The van der Waals surface area contributed by atoms with Gasteiger partial charge in [0.15, 0.2) is 0 Å². The molecule has 0 aromatic rings. The molecule has 0 spiro atoms. The lowest BCUT2D eigenvalue weighted by atomic mass is 10.3. The number of morpholine rings is 1. The number of ketones is 1. The minimum absolute atomic E-state index is 0.290. The molecular formula is C9H15NO2. The van der Waals surface area contributed by atoms with Gasteiger partial charge in [0.2, 0.25) is 0 Å². The predicted molar refractivity (Wildman–Crippen MR) is 45.0 cm³/mol. The fraction of sp³-hybridized carbons (Fsp3) is 0.889. The molecule has 1 heterocycles. The van der Waals surface area contributed by atoms with Crippen molar-refractivity contribution in [3.05, 3.63) is 0 Å². The summed E-state index contributed by atoms with van der Waals surface area (Å²) in [5.41, 5.74) is 0. The highest BCUT2D eigenvalue weighted by Gasteiger charge is 2.45. The van der Waals surface area contributed by atoms with Crippen LogP contribution in [0, 0.1) is 0 Å². The van der Waals surface area contributed by atoms with Crippen LogP contribution < -0.4 is 0 Å². The van der Waals surface area contributed by atoms with Gasteiger partial charge in [-0.15, -0.1) is 0 Å². The van der Waals surface area contributed by atoms with E-state index >= 15 is 0 Å². The average molecular weight is 169 g/mol. The third kappa shape index (κ3) is 1.67. The first-order valence-corrected chi connectivity index (χ1v) is 4.62. The highest BCUT2D eigenvalue weighted by Crippen LogP contribution is 2.34. The zero-order valence-electron chi connectivity index (χ0n) is 7.45. The molecular weight excluding hydrogens is 154 g/mol. The number of rotatable bonds is 3. The fourth-order valence-electron chi connectivity index (χ4n) is 1.79. The number of carbonyl (C=O) groups excluding carboxylic acids is 1. The Morgan fingerprint density at radius 1 is 1.67 bits per heavy atom. The standard InChI is InChI=1S/C9H15NO2/c1-7(11)2-3-10-4-5-12-9-6-8(9)10/h8-9H,2-6H2,1H3. The molecule has 0 aromatic carbocycles. The molecule has 1 aliphatic heterocycles. The van der Waals surface area contributed by atoms with Crippen molar-refractivity contribution >= 4 is 5.78 Å². The molecule has 3 heteroatoms. The Morgan fingerprint density at radius 3 is 3.25 bits per heavy atom. The largest absolute Gasteiger partial charge is 0.375 e. The monoisotopic (exact) mass is 169 g/mol. The van der Waals surface area contributed by atoms with Crippen molar-refractivity contribution in [3.63, 3.8) is 0 Å². The van der Waals surface area contributed by atoms with Crippen molar-refractivity contribution in [1.82, 2.24) is 4.90 Å². The summed E-state index contributed by atoms with van der Waals surface area (Å²) in [7, 11) is 0. The quantitative estimate of drug-likeness (QED) is 0.614. The van der Waals surface area contributed by atoms with E-state index in [9.17, 15) is 4.79 Å². The van der Waals surface area contributed by atoms with Crippen molar-refractivity contribution < 1.29 is 9.53 Å². The molecule has 0 aromatic heterocycles. The minimum Gasteiger partial charge on any atom is -0.375 e. The van der Waals surface area contributed by atoms with E-state index in [-0.39, 0.29) is 0 Å². The zero-order chi connectivity index (χ0) is 8.55. The van der Waals surface area contributed by atoms with Crippen molar-refractivity contribution in [2.24, 2.45) is 0 Å². The van der Waals surface area contributed by atoms with Gasteiger partial charge >= 0.3 is 0 Å². The van der Waals surface area contributed by atoms with Crippen molar-refractivity contribution in [2.75, 3.05) is 19.7 Å². The maximum atomic E-state index is 10.7. The van der Waals surface area contributed by atoms with Crippen LogP contribution in [0.5, 0.6) is 0 Å². The summed E-state index contributed by atoms with van der Waals surface area (Å²) in [6.45, 7) is 4.44. The van der Waals surface area contributed by atoms with Gasteiger partial charge in [-0.2, -0.15) is 0 Å². The van der Waals surface area contributed by atoms with Gasteiger partial charge < -0.3 is 4.74 Å². The van der Waals surface area contributed by atoms with Gasteiger partial charge in [-0.1, -0.05) is 0 Å². The lowest BCUT2D eigenvalue weighted by Crippen LogP contribution is -2.37. The van der Waals surface area contributed by atoms with Crippen LogP contribution in [-0.2, 0) is 9.53 Å². The third-order valence-electron chi connectivity index (χ3n) is 2.63. The Labute approximate surface area is 72.7 Å². The van der Waals surface area contributed by atoms with E-state index in [1.54, 1.807) is 6.92 Å². The second-order valence-electron chi connectivity index (χ2n) is 3.70. The number of hydrogen-bond donors (Lipinski definition) is 0. The molecule has 0 amide bonds. The molecule has 12 heavy (non-hydrogen) atoms. The summed E-state index contributed by atoms with van der Waals surface area (Å²) in [5.74, 6) is 0.290. The van der Waals surface area contributed by atoms with Crippen LogP contribution in [-0.4, -0.2) is 42.5 Å². The lowest BCUT2D eigenvalue weighted by Gasteiger charge is -2.25. The van der Waals surface area contributed by atoms with Crippen LogP contribution in [0.1, 0.15) is 19.8 Å². The molecule has 2 fully saturated rings. The number of carbonyl (C=O) groups is 1. The number of nitrogens with zero attached hydrogens (tertiary/aromatic N) is 1. The molecule has 1 saturated heterocycles. The molecule has 0 N–H and O–H groups in total. The summed E-state index contributed by atoms with van der Waals surface area (Å²) in [4.78, 5) is 13.1. The van der Waals surface area contributed by atoms with Gasteiger partial charge in [-0.05, 0) is 13.3 Å². The van der Waals surface area contributed by atoms with Gasteiger partial charge in [0.1, 0.15) is 5.78 Å². The molecule has 2 unspecified atom stereocenters. The summed E-state index contributed by atoms with van der Waals surface area (Å²) >= 11 is 0. The summed E-state index contributed by atoms with van der Waals surface area (Å²) in [6, 6.07) is 0.637. The second kappa shape index (κ2) is 3.15. The first kappa shape index (κ1) is 8.20. The van der Waals surface area contributed by atoms with E-state index in [2.05, 4.69) is 4.90 Å². The maximum Gasteiger partial charge on any atom is 0.131 e. The van der Waals surface area contributed by atoms with Crippen LogP contribution in [0.15, 0.2) is 0 Å². The summed E-state index contributed by atoms with van der Waals surface area (Å²) in [6.07, 6.45) is 2.37. The first-order chi connectivity index (χ1) is 5.77. The third-order valence-corrected chi connectivity index (χ3v) is 2.63. The van der Waals surface area contributed by atoms with E-state index < -0.39 is 0 Å². The Bertz CT molecular complexity index is 193. The smallest absolute Gasteiger partial charge is 0.131 e. The molecule has 0 radical (unpaired) electrons. The summed E-state index contributed by atoms with van der Waals surface area (Å²) < 4.78 is 5.46. The molecule has 2 rings (SSSR count). The Kier molecular flexibility index (Phi) is 2.15. The van der Waals surface area contributed by atoms with Crippen LogP contribution in [0.3, 0.4) is 0 Å². The fourth-order valence-corrected chi connectivity index (χ4v) is 1.79. The van der Waals surface area contributed by atoms with Crippen LogP contribution in [0.2, 0.25) is 0 Å². The number of fused-ring (bicyclic) bond motifs is 1.